The van der Waals surface area contributed by atoms with Crippen molar-refractivity contribution in [2.24, 2.45) is 5.92 Å². The highest BCUT2D eigenvalue weighted by Crippen LogP contribution is 2.20. The third kappa shape index (κ3) is 4.78. The maximum atomic E-state index is 12.4. The molecule has 0 aliphatic carbocycles. The van der Waals surface area contributed by atoms with E-state index in [0.717, 1.165) is 31.6 Å². The molecule has 1 aliphatic heterocycles. The van der Waals surface area contributed by atoms with Crippen LogP contribution in [0.3, 0.4) is 0 Å². The average molecular weight is 371 g/mol. The highest BCUT2D eigenvalue weighted by molar-refractivity contribution is 7.08. The van der Waals surface area contributed by atoms with E-state index in [1.54, 1.807) is 11.3 Å². The van der Waals surface area contributed by atoms with Crippen LogP contribution in [0.4, 0.5) is 0 Å². The number of carbonyl (C=O) groups is 1. The third-order valence-corrected chi connectivity index (χ3v) is 4.85. The van der Waals surface area contributed by atoms with Gasteiger partial charge in [-0.1, -0.05) is 5.16 Å². The molecule has 6 nitrogen and oxygen atoms in total. The van der Waals surface area contributed by atoms with Gasteiger partial charge in [0, 0.05) is 36.9 Å². The summed E-state index contributed by atoms with van der Waals surface area (Å²) in [6, 6.07) is 1.96. The molecule has 1 atom stereocenters. The molecule has 1 saturated heterocycles. The minimum absolute atomic E-state index is 0. The number of aryl methyl sites for hydroxylation is 1. The molecular weight excluding hydrogens is 348 g/mol. The van der Waals surface area contributed by atoms with Crippen LogP contribution in [0.5, 0.6) is 0 Å². The molecule has 0 radical (unpaired) electrons. The van der Waals surface area contributed by atoms with E-state index in [0.29, 0.717) is 30.5 Å². The van der Waals surface area contributed by atoms with Crippen molar-refractivity contribution in [2.75, 3.05) is 26.7 Å². The Morgan fingerprint density at radius 1 is 1.54 bits per heavy atom. The lowest BCUT2D eigenvalue weighted by Gasteiger charge is -2.32. The van der Waals surface area contributed by atoms with Crippen LogP contribution in [0.15, 0.2) is 21.3 Å². The van der Waals surface area contributed by atoms with Gasteiger partial charge in [-0.05, 0) is 43.8 Å². The lowest BCUT2D eigenvalue weighted by molar-refractivity contribution is -0.133. The highest BCUT2D eigenvalue weighted by Gasteiger charge is 2.23. The Labute approximate surface area is 152 Å². The zero-order valence-electron chi connectivity index (χ0n) is 13.7. The Kier molecular flexibility index (Phi) is 7.20. The summed E-state index contributed by atoms with van der Waals surface area (Å²) in [5, 5.41) is 11.1. The SMILES string of the molecule is CNCC1CCCN(C(=O)CCc2nc(-c3ccsc3)no2)C1.Cl. The maximum absolute atomic E-state index is 12.4. The van der Waals surface area contributed by atoms with Crippen molar-refractivity contribution >= 4 is 29.7 Å². The number of hydrogen-bond acceptors (Lipinski definition) is 6. The number of nitrogens with zero attached hydrogens (tertiary/aromatic N) is 3. The molecule has 1 amide bonds. The molecule has 1 unspecified atom stereocenters. The molecule has 0 saturated carbocycles. The van der Waals surface area contributed by atoms with E-state index in [9.17, 15) is 4.79 Å². The predicted molar refractivity (Wildman–Crippen MR) is 96.4 cm³/mol. The van der Waals surface area contributed by atoms with Gasteiger partial charge in [0.25, 0.3) is 0 Å². The summed E-state index contributed by atoms with van der Waals surface area (Å²) in [4.78, 5) is 18.7. The number of aromatic nitrogens is 2. The van der Waals surface area contributed by atoms with Crippen molar-refractivity contribution in [2.45, 2.75) is 25.7 Å². The second kappa shape index (κ2) is 9.15. The number of carbonyl (C=O) groups excluding carboxylic acids is 1. The fraction of sp³-hybridized carbons (Fsp3) is 0.562. The van der Waals surface area contributed by atoms with Crippen LogP contribution < -0.4 is 5.32 Å². The van der Waals surface area contributed by atoms with Crippen LogP contribution in [0.1, 0.15) is 25.2 Å². The van der Waals surface area contributed by atoms with Gasteiger partial charge >= 0.3 is 0 Å². The lowest BCUT2D eigenvalue weighted by atomic mass is 9.97. The molecule has 0 spiro atoms. The zero-order chi connectivity index (χ0) is 16.1. The van der Waals surface area contributed by atoms with Gasteiger partial charge in [0.15, 0.2) is 0 Å². The van der Waals surface area contributed by atoms with Gasteiger partial charge in [-0.15, -0.1) is 12.4 Å². The Morgan fingerprint density at radius 2 is 2.42 bits per heavy atom. The van der Waals surface area contributed by atoms with Crippen LogP contribution in [0.2, 0.25) is 0 Å². The van der Waals surface area contributed by atoms with Crippen molar-refractivity contribution < 1.29 is 9.32 Å². The molecule has 2 aromatic heterocycles. The summed E-state index contributed by atoms with van der Waals surface area (Å²) in [5.41, 5.74) is 0.960. The second-order valence-electron chi connectivity index (χ2n) is 5.93. The second-order valence-corrected chi connectivity index (χ2v) is 6.71. The van der Waals surface area contributed by atoms with Crippen LogP contribution in [0.25, 0.3) is 11.4 Å². The summed E-state index contributed by atoms with van der Waals surface area (Å²) in [5.74, 6) is 1.87. The normalized spacial score (nSPS) is 17.5. The first-order chi connectivity index (χ1) is 11.3. The van der Waals surface area contributed by atoms with Crippen molar-refractivity contribution in [1.29, 1.82) is 0 Å². The van der Waals surface area contributed by atoms with Crippen LogP contribution in [-0.2, 0) is 11.2 Å². The smallest absolute Gasteiger partial charge is 0.227 e. The maximum Gasteiger partial charge on any atom is 0.227 e. The first-order valence-electron chi connectivity index (χ1n) is 8.04. The van der Waals surface area contributed by atoms with Crippen molar-refractivity contribution in [3.05, 3.63) is 22.7 Å². The van der Waals surface area contributed by atoms with Crippen molar-refractivity contribution in [3.8, 4) is 11.4 Å². The molecule has 0 bridgehead atoms. The summed E-state index contributed by atoms with van der Waals surface area (Å²) in [6.45, 7) is 2.68. The van der Waals surface area contributed by atoms with Gasteiger partial charge in [-0.2, -0.15) is 16.3 Å². The Balaban J connectivity index is 0.00000208. The van der Waals surface area contributed by atoms with Gasteiger partial charge in [-0.25, -0.2) is 0 Å². The van der Waals surface area contributed by atoms with E-state index in [2.05, 4.69) is 15.5 Å². The van der Waals surface area contributed by atoms with Crippen molar-refractivity contribution in [3.63, 3.8) is 0 Å². The monoisotopic (exact) mass is 370 g/mol. The number of nitrogens with one attached hydrogen (secondary N) is 1. The van der Waals surface area contributed by atoms with E-state index >= 15 is 0 Å². The summed E-state index contributed by atoms with van der Waals surface area (Å²) in [6.07, 6.45) is 3.21. The fourth-order valence-electron chi connectivity index (χ4n) is 2.98. The largest absolute Gasteiger partial charge is 0.342 e. The minimum Gasteiger partial charge on any atom is -0.342 e. The molecule has 1 fully saturated rings. The predicted octanol–water partition coefficient (Wildman–Crippen LogP) is 2.61. The van der Waals surface area contributed by atoms with Crippen LogP contribution in [0, 0.1) is 5.92 Å². The molecule has 3 heterocycles. The summed E-state index contributed by atoms with van der Waals surface area (Å²) >= 11 is 1.60. The van der Waals surface area contributed by atoms with E-state index in [4.69, 9.17) is 4.52 Å². The van der Waals surface area contributed by atoms with Crippen LogP contribution >= 0.6 is 23.7 Å². The van der Waals surface area contributed by atoms with Gasteiger partial charge in [-0.3, -0.25) is 4.79 Å². The molecule has 132 valence electrons. The number of amides is 1. The Morgan fingerprint density at radius 3 is 3.17 bits per heavy atom. The number of rotatable bonds is 6. The zero-order valence-corrected chi connectivity index (χ0v) is 15.4. The number of thiophene rings is 1. The number of hydrogen-bond donors (Lipinski definition) is 1. The van der Waals surface area contributed by atoms with E-state index in [-0.39, 0.29) is 18.3 Å². The molecule has 24 heavy (non-hydrogen) atoms. The number of piperidine rings is 1. The molecule has 8 heteroatoms. The lowest BCUT2D eigenvalue weighted by Crippen LogP contribution is -2.42. The molecule has 2 aromatic rings. The summed E-state index contributed by atoms with van der Waals surface area (Å²) < 4.78 is 5.25. The standard InChI is InChI=1S/C16H22N4O2S.ClH/c1-17-9-12-3-2-7-20(10-12)15(21)5-4-14-18-16(19-22-14)13-6-8-23-11-13;/h6,8,11-12,17H,2-5,7,9-10H2,1H3;1H. The number of likely N-dealkylation sites (tertiary alicyclic amines) is 1. The quantitative estimate of drug-likeness (QED) is 0.846. The van der Waals surface area contributed by atoms with Gasteiger partial charge in [0.1, 0.15) is 0 Å². The minimum atomic E-state index is 0. The highest BCUT2D eigenvalue weighted by atomic mass is 35.5. The fourth-order valence-corrected chi connectivity index (χ4v) is 3.62. The first kappa shape index (κ1) is 18.9. The summed E-state index contributed by atoms with van der Waals surface area (Å²) in [7, 11) is 1.96. The van der Waals surface area contributed by atoms with E-state index in [1.807, 2.05) is 28.8 Å². The van der Waals surface area contributed by atoms with E-state index < -0.39 is 0 Å². The molecular formula is C16H23ClN4O2S. The van der Waals surface area contributed by atoms with Crippen LogP contribution in [-0.4, -0.2) is 47.6 Å². The Bertz CT molecular complexity index is 630. The molecule has 1 N–H and O–H groups in total. The average Bonchev–Trinajstić information content (AvgIpc) is 3.24. The molecule has 0 aromatic carbocycles. The molecule has 1 aliphatic rings. The Hall–Kier alpha value is -1.44. The van der Waals surface area contributed by atoms with E-state index in [1.165, 1.54) is 6.42 Å². The number of halogens is 1. The van der Waals surface area contributed by atoms with Gasteiger partial charge in [0.2, 0.25) is 17.6 Å². The topological polar surface area (TPSA) is 71.3 Å². The van der Waals surface area contributed by atoms with Gasteiger partial charge < -0.3 is 14.7 Å². The van der Waals surface area contributed by atoms with Crippen molar-refractivity contribution in [1.82, 2.24) is 20.4 Å². The third-order valence-electron chi connectivity index (χ3n) is 4.16. The molecule has 3 rings (SSSR count). The van der Waals surface area contributed by atoms with Gasteiger partial charge in [0.05, 0.1) is 0 Å². The first-order valence-corrected chi connectivity index (χ1v) is 8.98.